The molecule has 0 aliphatic heterocycles. The summed E-state index contributed by atoms with van der Waals surface area (Å²) >= 11 is 5.86. The average Bonchev–Trinajstić information content (AvgIpc) is 2.53. The van der Waals surface area contributed by atoms with Crippen molar-refractivity contribution in [2.24, 2.45) is 5.10 Å². The normalized spacial score (nSPS) is 11.6. The van der Waals surface area contributed by atoms with E-state index in [-0.39, 0.29) is 0 Å². The van der Waals surface area contributed by atoms with Crippen LogP contribution in [0.5, 0.6) is 0 Å². The smallest absolute Gasteiger partial charge is 0.0648 e. The Morgan fingerprint density at radius 3 is 2.38 bits per heavy atom. The molecule has 0 radical (unpaired) electrons. The summed E-state index contributed by atoms with van der Waals surface area (Å²) in [5.74, 6) is 0. The van der Waals surface area contributed by atoms with E-state index in [2.05, 4.69) is 40.9 Å². The van der Waals surface area contributed by atoms with E-state index in [1.54, 1.807) is 0 Å². The highest BCUT2D eigenvalue weighted by atomic mass is 35.5. The average molecular weight is 295 g/mol. The Morgan fingerprint density at radius 2 is 1.62 bits per heavy atom. The molecule has 3 rings (SSSR count). The van der Waals surface area contributed by atoms with E-state index in [0.29, 0.717) is 0 Å². The van der Waals surface area contributed by atoms with Gasteiger partial charge in [-0.1, -0.05) is 48.0 Å². The zero-order valence-electron chi connectivity index (χ0n) is 11.7. The van der Waals surface area contributed by atoms with Gasteiger partial charge in [0.15, 0.2) is 0 Å². The molecule has 0 spiro atoms. The fraction of sp³-hybridized carbons (Fsp3) is 0.0556. The molecule has 3 aromatic rings. The van der Waals surface area contributed by atoms with Crippen molar-refractivity contribution in [3.8, 4) is 0 Å². The lowest BCUT2D eigenvalue weighted by atomic mass is 10.0. The lowest BCUT2D eigenvalue weighted by Crippen LogP contribution is -1.99. The molecule has 0 amide bonds. The third-order valence-electron chi connectivity index (χ3n) is 3.36. The van der Waals surface area contributed by atoms with Crippen molar-refractivity contribution >= 4 is 33.8 Å². The molecule has 2 nitrogen and oxygen atoms in total. The van der Waals surface area contributed by atoms with Gasteiger partial charge in [0, 0.05) is 5.02 Å². The standard InChI is InChI=1S/C18H15ClN2/c1-13(20-21-18-10-8-17(19)9-11-18)15-7-6-14-4-2-3-5-16(14)12-15/h2-12,21H,1H3/b20-13+. The number of hydrogen-bond acceptors (Lipinski definition) is 2. The predicted molar refractivity (Wildman–Crippen MR) is 91.2 cm³/mol. The van der Waals surface area contributed by atoms with Crippen LogP contribution in [0.4, 0.5) is 5.69 Å². The van der Waals surface area contributed by atoms with Crippen molar-refractivity contribution in [1.29, 1.82) is 0 Å². The van der Waals surface area contributed by atoms with Crippen molar-refractivity contribution in [3.05, 3.63) is 77.3 Å². The minimum absolute atomic E-state index is 0.718. The van der Waals surface area contributed by atoms with Crippen molar-refractivity contribution < 1.29 is 0 Å². The molecule has 0 saturated carbocycles. The quantitative estimate of drug-likeness (QED) is 0.512. The molecule has 1 N–H and O–H groups in total. The number of benzene rings is 3. The maximum absolute atomic E-state index is 5.86. The number of fused-ring (bicyclic) bond motifs is 1. The van der Waals surface area contributed by atoms with Gasteiger partial charge < -0.3 is 0 Å². The molecule has 0 fully saturated rings. The van der Waals surface area contributed by atoms with E-state index in [4.69, 9.17) is 11.6 Å². The topological polar surface area (TPSA) is 24.4 Å². The first-order valence-corrected chi connectivity index (χ1v) is 7.15. The van der Waals surface area contributed by atoms with Crippen LogP contribution in [0.25, 0.3) is 10.8 Å². The van der Waals surface area contributed by atoms with Gasteiger partial charge in [0.25, 0.3) is 0 Å². The number of nitrogens with one attached hydrogen (secondary N) is 1. The van der Waals surface area contributed by atoms with Crippen LogP contribution in [0.2, 0.25) is 5.02 Å². The molecule has 0 heterocycles. The summed E-state index contributed by atoms with van der Waals surface area (Å²) in [4.78, 5) is 0. The van der Waals surface area contributed by atoms with Gasteiger partial charge >= 0.3 is 0 Å². The molecule has 3 aromatic carbocycles. The third-order valence-corrected chi connectivity index (χ3v) is 3.62. The molecule has 0 unspecified atom stereocenters. The second-order valence-electron chi connectivity index (χ2n) is 4.88. The van der Waals surface area contributed by atoms with Crippen LogP contribution >= 0.6 is 11.6 Å². The second kappa shape index (κ2) is 5.98. The van der Waals surface area contributed by atoms with E-state index in [9.17, 15) is 0 Å². The number of nitrogens with zero attached hydrogens (tertiary/aromatic N) is 1. The van der Waals surface area contributed by atoms with Crippen molar-refractivity contribution in [2.75, 3.05) is 5.43 Å². The molecule has 0 bridgehead atoms. The van der Waals surface area contributed by atoms with E-state index in [0.717, 1.165) is 22.0 Å². The summed E-state index contributed by atoms with van der Waals surface area (Å²) < 4.78 is 0. The Balaban J connectivity index is 1.83. The van der Waals surface area contributed by atoms with E-state index < -0.39 is 0 Å². The highest BCUT2D eigenvalue weighted by molar-refractivity contribution is 6.30. The van der Waals surface area contributed by atoms with Gasteiger partial charge in [0.1, 0.15) is 0 Å². The first kappa shape index (κ1) is 13.7. The molecular weight excluding hydrogens is 280 g/mol. The molecule has 0 saturated heterocycles. The van der Waals surface area contributed by atoms with E-state index in [1.807, 2.05) is 43.3 Å². The van der Waals surface area contributed by atoms with Gasteiger partial charge in [-0.15, -0.1) is 0 Å². The minimum Gasteiger partial charge on any atom is -0.278 e. The number of hydrogen-bond donors (Lipinski definition) is 1. The number of rotatable bonds is 3. The van der Waals surface area contributed by atoms with Gasteiger partial charge in [-0.3, -0.25) is 5.43 Å². The van der Waals surface area contributed by atoms with Crippen molar-refractivity contribution in [3.63, 3.8) is 0 Å². The lowest BCUT2D eigenvalue weighted by molar-refractivity contribution is 1.32. The summed E-state index contributed by atoms with van der Waals surface area (Å²) in [6.45, 7) is 1.99. The van der Waals surface area contributed by atoms with Gasteiger partial charge in [-0.25, -0.2) is 0 Å². The Morgan fingerprint density at radius 1 is 0.905 bits per heavy atom. The maximum Gasteiger partial charge on any atom is 0.0648 e. The molecule has 21 heavy (non-hydrogen) atoms. The third kappa shape index (κ3) is 3.23. The molecule has 0 aromatic heterocycles. The van der Waals surface area contributed by atoms with Crippen LogP contribution in [0.15, 0.2) is 71.8 Å². The molecular formula is C18H15ClN2. The molecule has 3 heteroatoms. The number of anilines is 1. The molecule has 0 aliphatic carbocycles. The zero-order valence-corrected chi connectivity index (χ0v) is 12.4. The van der Waals surface area contributed by atoms with Crippen LogP contribution in [-0.2, 0) is 0 Å². The Labute approximate surface area is 129 Å². The molecule has 104 valence electrons. The monoisotopic (exact) mass is 294 g/mol. The summed E-state index contributed by atoms with van der Waals surface area (Å²) in [6, 6.07) is 22.1. The zero-order chi connectivity index (χ0) is 14.7. The van der Waals surface area contributed by atoms with Crippen molar-refractivity contribution in [2.45, 2.75) is 6.92 Å². The van der Waals surface area contributed by atoms with Crippen LogP contribution in [0.3, 0.4) is 0 Å². The van der Waals surface area contributed by atoms with Crippen molar-refractivity contribution in [1.82, 2.24) is 0 Å². The summed E-state index contributed by atoms with van der Waals surface area (Å²) in [5, 5.41) is 7.60. The minimum atomic E-state index is 0.718. The summed E-state index contributed by atoms with van der Waals surface area (Å²) in [5.41, 5.74) is 6.01. The number of halogens is 1. The largest absolute Gasteiger partial charge is 0.278 e. The lowest BCUT2D eigenvalue weighted by Gasteiger charge is -2.05. The first-order valence-electron chi connectivity index (χ1n) is 6.77. The fourth-order valence-electron chi connectivity index (χ4n) is 2.15. The fourth-order valence-corrected chi connectivity index (χ4v) is 2.28. The maximum atomic E-state index is 5.86. The first-order chi connectivity index (χ1) is 10.2. The molecule has 0 aliphatic rings. The highest BCUT2D eigenvalue weighted by Crippen LogP contribution is 2.17. The van der Waals surface area contributed by atoms with E-state index in [1.165, 1.54) is 10.8 Å². The predicted octanol–water partition coefficient (Wildman–Crippen LogP) is 5.33. The summed E-state index contributed by atoms with van der Waals surface area (Å²) in [6.07, 6.45) is 0. The summed E-state index contributed by atoms with van der Waals surface area (Å²) in [7, 11) is 0. The second-order valence-corrected chi connectivity index (χ2v) is 5.31. The van der Waals surface area contributed by atoms with Crippen LogP contribution < -0.4 is 5.43 Å². The highest BCUT2D eigenvalue weighted by Gasteiger charge is 2.00. The van der Waals surface area contributed by atoms with Gasteiger partial charge in [-0.2, -0.15) is 5.10 Å². The number of hydrazone groups is 1. The molecule has 0 atom stereocenters. The van der Waals surface area contributed by atoms with E-state index >= 15 is 0 Å². The van der Waals surface area contributed by atoms with Gasteiger partial charge in [0.2, 0.25) is 0 Å². The van der Waals surface area contributed by atoms with Gasteiger partial charge in [-0.05, 0) is 53.6 Å². The van der Waals surface area contributed by atoms with Gasteiger partial charge in [0.05, 0.1) is 11.4 Å². The Bertz CT molecular complexity index is 792. The van der Waals surface area contributed by atoms with Crippen LogP contribution in [0, 0.1) is 0 Å². The van der Waals surface area contributed by atoms with Crippen LogP contribution in [0.1, 0.15) is 12.5 Å². The SMILES string of the molecule is C/C(=N\Nc1ccc(Cl)cc1)c1ccc2ccccc2c1. The van der Waals surface area contributed by atoms with Crippen LogP contribution in [-0.4, -0.2) is 5.71 Å². The Kier molecular flexibility index (Phi) is 3.89. The Hall–Kier alpha value is -2.32.